The van der Waals surface area contributed by atoms with Gasteiger partial charge in [-0.1, -0.05) is 0 Å². The molecule has 0 aliphatic rings. The predicted molar refractivity (Wildman–Crippen MR) is 14.8 cm³/mol. The van der Waals surface area contributed by atoms with Crippen molar-refractivity contribution in [2.24, 2.45) is 0 Å². The van der Waals surface area contributed by atoms with E-state index in [1.165, 1.54) is 0 Å². The van der Waals surface area contributed by atoms with E-state index in [0.717, 1.165) is 0 Å². The van der Waals surface area contributed by atoms with Crippen molar-refractivity contribution in [3.8, 4) is 0 Å². The van der Waals surface area contributed by atoms with Crippen molar-refractivity contribution in [3.63, 3.8) is 0 Å². The van der Waals surface area contributed by atoms with Crippen LogP contribution in [0.1, 0.15) is 4.28 Å². The van der Waals surface area contributed by atoms with Crippen LogP contribution in [0.5, 0.6) is 0 Å². The normalized spacial score (nSPS) is 0. The second-order valence-electron chi connectivity index (χ2n) is 0. The SMILES string of the molecule is [Al].[Ba+2].[H-].[H-].[H-].[La].[Na+].[Zr]. The van der Waals surface area contributed by atoms with Crippen LogP contribution in [0.3, 0.4) is 0 Å². The van der Waals surface area contributed by atoms with Crippen molar-refractivity contribution >= 4 is 66.2 Å². The Kier molecular flexibility index (Phi) is 146. The third-order valence-electron chi connectivity index (χ3n) is 0. The van der Waals surface area contributed by atoms with Crippen molar-refractivity contribution in [3.05, 3.63) is 0 Å². The molecule has 0 fully saturated rings. The first-order chi connectivity index (χ1) is 0. The number of hydrogen-bond donors (Lipinski definition) is 0. The molecule has 0 aliphatic carbocycles. The van der Waals surface area contributed by atoms with Crippen molar-refractivity contribution in [1.29, 1.82) is 0 Å². The molecule has 0 unspecified atom stereocenters. The molecule has 0 atom stereocenters. The number of rotatable bonds is 0. The van der Waals surface area contributed by atoms with Crippen molar-refractivity contribution in [1.82, 2.24) is 0 Å². The van der Waals surface area contributed by atoms with Crippen LogP contribution in [0.25, 0.3) is 0 Å². The molecule has 0 bridgehead atoms. The second kappa shape index (κ2) is 22.9. The third kappa shape index (κ3) is 17.6. The van der Waals surface area contributed by atoms with Gasteiger partial charge in [-0.25, -0.2) is 0 Å². The summed E-state index contributed by atoms with van der Waals surface area (Å²) in [5.41, 5.74) is 0. The zero-order chi connectivity index (χ0) is 0. The molecular formula is H3AlBaLaNaZr. The molecule has 0 amide bonds. The van der Waals surface area contributed by atoms with Crippen LogP contribution >= 0.6 is 0 Å². The molecule has 16 valence electrons. The summed E-state index contributed by atoms with van der Waals surface area (Å²) in [5, 5.41) is 0. The van der Waals surface area contributed by atoms with E-state index in [9.17, 15) is 0 Å². The molecule has 0 spiro atoms. The van der Waals surface area contributed by atoms with Gasteiger partial charge in [0.15, 0.2) is 0 Å². The molecule has 5 heavy (non-hydrogen) atoms. The van der Waals surface area contributed by atoms with Gasteiger partial charge in [-0.15, -0.1) is 0 Å². The average molecular weight is 420 g/mol. The number of hydrogen-bond acceptors (Lipinski definition) is 0. The first-order valence-electron chi connectivity index (χ1n) is 0. The molecule has 0 rings (SSSR count). The van der Waals surface area contributed by atoms with E-state index < -0.39 is 0 Å². The van der Waals surface area contributed by atoms with Crippen molar-refractivity contribution in [2.45, 2.75) is 0 Å². The Morgan fingerprint density at radius 1 is 1.20 bits per heavy atom. The van der Waals surface area contributed by atoms with Gasteiger partial charge in [-0.05, 0) is 0 Å². The molecule has 0 nitrogen and oxygen atoms in total. The molecule has 0 aromatic heterocycles. The summed E-state index contributed by atoms with van der Waals surface area (Å²) in [6.07, 6.45) is 0. The maximum Gasteiger partial charge on any atom is 2.00 e. The van der Waals surface area contributed by atoms with Crippen LogP contribution in [-0.2, 0) is 26.2 Å². The summed E-state index contributed by atoms with van der Waals surface area (Å²) < 4.78 is 0. The molecule has 0 aromatic carbocycles. The predicted octanol–water partition coefficient (Wildman–Crippen LogP) is -3.42. The van der Waals surface area contributed by atoms with Crippen LogP contribution in [0.2, 0.25) is 0 Å². The minimum Gasteiger partial charge on any atom is -1.00 e. The van der Waals surface area contributed by atoms with Crippen LogP contribution in [0, 0.1) is 35.6 Å². The summed E-state index contributed by atoms with van der Waals surface area (Å²) in [7, 11) is 0. The Balaban J connectivity index is 0. The molecule has 0 heterocycles. The minimum absolute atomic E-state index is 0. The van der Waals surface area contributed by atoms with Gasteiger partial charge < -0.3 is 4.28 Å². The van der Waals surface area contributed by atoms with Gasteiger partial charge in [0.2, 0.25) is 0 Å². The van der Waals surface area contributed by atoms with Gasteiger partial charge >= 0.3 is 78.4 Å². The summed E-state index contributed by atoms with van der Waals surface area (Å²) in [5.74, 6) is 0. The van der Waals surface area contributed by atoms with Gasteiger partial charge in [0.1, 0.15) is 0 Å². The molecule has 5 heteroatoms. The van der Waals surface area contributed by atoms with E-state index in [1.807, 2.05) is 0 Å². The van der Waals surface area contributed by atoms with Crippen LogP contribution in [0.4, 0.5) is 0 Å². The maximum absolute atomic E-state index is 0. The zero-order valence-electron chi connectivity index (χ0n) is 6.36. The smallest absolute Gasteiger partial charge is 1.00 e. The van der Waals surface area contributed by atoms with Gasteiger partial charge in [0, 0.05) is 79.2 Å². The summed E-state index contributed by atoms with van der Waals surface area (Å²) in [4.78, 5) is 0. The Labute approximate surface area is 157 Å². The average Bonchev–Trinajstić information content (AvgIpc) is 0. The fourth-order valence-corrected chi connectivity index (χ4v) is 0. The first-order valence-corrected chi connectivity index (χ1v) is 0. The quantitative estimate of drug-likeness (QED) is 0.358. The molecule has 4 radical (unpaired) electrons. The zero-order valence-corrected chi connectivity index (χ0v) is 17.0. The fraction of sp³-hybridized carbons (Fsp3) is 0. The van der Waals surface area contributed by atoms with Crippen molar-refractivity contribution < 1.29 is 95.6 Å². The van der Waals surface area contributed by atoms with Crippen molar-refractivity contribution in [2.75, 3.05) is 0 Å². The fourth-order valence-electron chi connectivity index (χ4n) is 0. The van der Waals surface area contributed by atoms with E-state index in [0.29, 0.717) is 0 Å². The van der Waals surface area contributed by atoms with E-state index in [2.05, 4.69) is 0 Å². The van der Waals surface area contributed by atoms with Gasteiger partial charge in [0.25, 0.3) is 0 Å². The van der Waals surface area contributed by atoms with Gasteiger partial charge in [-0.3, -0.25) is 0 Å². The Morgan fingerprint density at radius 3 is 1.20 bits per heavy atom. The van der Waals surface area contributed by atoms with E-state index in [4.69, 9.17) is 0 Å². The Bertz CT molecular complexity index is 19.2. The summed E-state index contributed by atoms with van der Waals surface area (Å²) >= 11 is 0. The van der Waals surface area contributed by atoms with Gasteiger partial charge in [-0.2, -0.15) is 0 Å². The molecule has 0 saturated heterocycles. The topological polar surface area (TPSA) is 0 Å². The largest absolute Gasteiger partial charge is 2.00 e. The van der Waals surface area contributed by atoms with E-state index in [-0.39, 0.29) is 162 Å². The van der Waals surface area contributed by atoms with E-state index >= 15 is 0 Å². The summed E-state index contributed by atoms with van der Waals surface area (Å²) in [6.45, 7) is 0. The van der Waals surface area contributed by atoms with Gasteiger partial charge in [0.05, 0.1) is 0 Å². The minimum atomic E-state index is 0. The van der Waals surface area contributed by atoms with E-state index in [1.54, 1.807) is 0 Å². The molecule has 0 aromatic rings. The first kappa shape index (κ1) is 32.0. The molecule has 0 saturated carbocycles. The summed E-state index contributed by atoms with van der Waals surface area (Å²) in [6, 6.07) is 0. The molecule has 0 aliphatic heterocycles. The Morgan fingerprint density at radius 2 is 1.20 bits per heavy atom. The van der Waals surface area contributed by atoms with Crippen LogP contribution < -0.4 is 29.6 Å². The second-order valence-corrected chi connectivity index (χ2v) is 0. The van der Waals surface area contributed by atoms with Crippen LogP contribution in [0.15, 0.2) is 0 Å². The standard InChI is InChI=1S/Al.Ba.La.Na.Zr.3H/q;+2;;+1;;3*-1. The molecule has 0 N–H and O–H groups in total. The monoisotopic (exact) mass is 420 g/mol. The maximum atomic E-state index is 0. The Hall–Kier alpha value is 5.18. The van der Waals surface area contributed by atoms with Crippen LogP contribution in [-0.4, -0.2) is 66.2 Å². The third-order valence-corrected chi connectivity index (χ3v) is 0. The molecular weight excluding hydrogens is 417 g/mol.